The lowest BCUT2D eigenvalue weighted by atomic mass is 10.3. The summed E-state index contributed by atoms with van der Waals surface area (Å²) in [7, 11) is 0. The minimum atomic E-state index is -0.0899. The van der Waals surface area contributed by atoms with Crippen LogP contribution in [0.3, 0.4) is 0 Å². The molecule has 2 aromatic rings. The predicted octanol–water partition coefficient (Wildman–Crippen LogP) is 5.14. The molecule has 25 heavy (non-hydrogen) atoms. The Kier molecular flexibility index (Phi) is 8.25. The molecular weight excluding hydrogens is 381 g/mol. The molecule has 0 aliphatic heterocycles. The number of nitrogens with one attached hydrogen (secondary N) is 1. The summed E-state index contributed by atoms with van der Waals surface area (Å²) in [4.78, 5) is 12.0. The summed E-state index contributed by atoms with van der Waals surface area (Å²) in [5, 5.41) is 3.80. The average Bonchev–Trinajstić information content (AvgIpc) is 2.59. The molecule has 0 aromatic heterocycles. The molecule has 0 saturated heterocycles. The van der Waals surface area contributed by atoms with Gasteiger partial charge in [0.25, 0.3) is 0 Å². The monoisotopic (exact) mass is 399 g/mol. The average molecular weight is 400 g/mol. The van der Waals surface area contributed by atoms with Crippen LogP contribution in [0.25, 0.3) is 0 Å². The van der Waals surface area contributed by atoms with E-state index in [4.69, 9.17) is 32.7 Å². The van der Waals surface area contributed by atoms with Crippen LogP contribution in [0.5, 0.6) is 11.5 Å². The second-order valence-electron chi connectivity index (χ2n) is 4.93. The van der Waals surface area contributed by atoms with Gasteiger partial charge >= 0.3 is 0 Å². The summed E-state index contributed by atoms with van der Waals surface area (Å²) in [6, 6.07) is 12.6. The van der Waals surface area contributed by atoms with E-state index in [0.29, 0.717) is 52.0 Å². The molecule has 0 spiro atoms. The SMILES string of the molecule is CCOc1ccccc1NC(=O)CSCCOc1c(Cl)cccc1Cl. The Morgan fingerprint density at radius 2 is 1.80 bits per heavy atom. The maximum Gasteiger partial charge on any atom is 0.234 e. The van der Waals surface area contributed by atoms with Crippen molar-refractivity contribution in [1.82, 2.24) is 0 Å². The Labute approximate surface area is 161 Å². The number of hydrogen-bond acceptors (Lipinski definition) is 4. The van der Waals surface area contributed by atoms with Crippen LogP contribution in [-0.2, 0) is 4.79 Å². The zero-order chi connectivity index (χ0) is 18.1. The van der Waals surface area contributed by atoms with Crippen molar-refractivity contribution in [3.05, 3.63) is 52.5 Å². The number of benzene rings is 2. The minimum absolute atomic E-state index is 0.0899. The normalized spacial score (nSPS) is 10.4. The Hall–Kier alpha value is -1.56. The maximum atomic E-state index is 12.0. The number of carbonyl (C=O) groups excluding carboxylic acids is 1. The number of ether oxygens (including phenoxy) is 2. The summed E-state index contributed by atoms with van der Waals surface area (Å²) in [5.41, 5.74) is 0.675. The first-order valence-corrected chi connectivity index (χ1v) is 9.69. The quantitative estimate of drug-likeness (QED) is 0.592. The number of anilines is 1. The van der Waals surface area contributed by atoms with Gasteiger partial charge in [0.1, 0.15) is 5.75 Å². The molecule has 0 radical (unpaired) electrons. The van der Waals surface area contributed by atoms with Crippen LogP contribution in [0.2, 0.25) is 10.0 Å². The van der Waals surface area contributed by atoms with Crippen molar-refractivity contribution >= 4 is 46.6 Å². The van der Waals surface area contributed by atoms with Gasteiger partial charge in [0, 0.05) is 5.75 Å². The summed E-state index contributed by atoms with van der Waals surface area (Å²) in [6.45, 7) is 2.86. The number of carbonyl (C=O) groups is 1. The number of hydrogen-bond donors (Lipinski definition) is 1. The number of halogens is 2. The van der Waals surface area contributed by atoms with Crippen LogP contribution < -0.4 is 14.8 Å². The van der Waals surface area contributed by atoms with Crippen LogP contribution in [-0.4, -0.2) is 30.6 Å². The highest BCUT2D eigenvalue weighted by Gasteiger charge is 2.09. The molecule has 0 fully saturated rings. The molecule has 1 amide bonds. The Morgan fingerprint density at radius 1 is 1.08 bits per heavy atom. The van der Waals surface area contributed by atoms with Gasteiger partial charge in [-0.05, 0) is 31.2 Å². The molecule has 2 rings (SSSR count). The van der Waals surface area contributed by atoms with Crippen LogP contribution >= 0.6 is 35.0 Å². The van der Waals surface area contributed by atoms with Crippen molar-refractivity contribution in [2.75, 3.05) is 30.0 Å². The van der Waals surface area contributed by atoms with E-state index < -0.39 is 0 Å². The number of rotatable bonds is 9. The van der Waals surface area contributed by atoms with Crippen molar-refractivity contribution in [1.29, 1.82) is 0 Å². The summed E-state index contributed by atoms with van der Waals surface area (Å²) in [6.07, 6.45) is 0. The van der Waals surface area contributed by atoms with E-state index in [1.54, 1.807) is 18.2 Å². The molecule has 0 atom stereocenters. The van der Waals surface area contributed by atoms with E-state index >= 15 is 0 Å². The first kappa shape index (κ1) is 19.8. The second kappa shape index (κ2) is 10.4. The molecule has 4 nitrogen and oxygen atoms in total. The molecule has 2 aromatic carbocycles. The van der Waals surface area contributed by atoms with E-state index in [-0.39, 0.29) is 5.91 Å². The highest BCUT2D eigenvalue weighted by Crippen LogP contribution is 2.32. The summed E-state index contributed by atoms with van der Waals surface area (Å²) < 4.78 is 11.1. The highest BCUT2D eigenvalue weighted by atomic mass is 35.5. The molecule has 0 aliphatic rings. The lowest BCUT2D eigenvalue weighted by Gasteiger charge is -2.11. The number of amides is 1. The fourth-order valence-corrected chi connectivity index (χ4v) is 3.14. The van der Waals surface area contributed by atoms with Crippen molar-refractivity contribution in [2.24, 2.45) is 0 Å². The zero-order valence-corrected chi connectivity index (χ0v) is 16.1. The van der Waals surface area contributed by atoms with Gasteiger partial charge in [-0.25, -0.2) is 0 Å². The second-order valence-corrected chi connectivity index (χ2v) is 6.85. The van der Waals surface area contributed by atoms with Gasteiger partial charge in [0.2, 0.25) is 5.91 Å². The molecule has 0 unspecified atom stereocenters. The summed E-state index contributed by atoms with van der Waals surface area (Å²) in [5.74, 6) is 2.01. The third-order valence-electron chi connectivity index (χ3n) is 3.09. The van der Waals surface area contributed by atoms with Crippen molar-refractivity contribution in [3.63, 3.8) is 0 Å². The van der Waals surface area contributed by atoms with Crippen molar-refractivity contribution in [2.45, 2.75) is 6.92 Å². The molecule has 0 aliphatic carbocycles. The minimum Gasteiger partial charge on any atom is -0.492 e. The van der Waals surface area contributed by atoms with Crippen LogP contribution in [0.1, 0.15) is 6.92 Å². The number of thioether (sulfide) groups is 1. The van der Waals surface area contributed by atoms with Gasteiger partial charge in [-0.2, -0.15) is 0 Å². The topological polar surface area (TPSA) is 47.6 Å². The van der Waals surface area contributed by atoms with Gasteiger partial charge < -0.3 is 14.8 Å². The van der Waals surface area contributed by atoms with E-state index in [1.807, 2.05) is 31.2 Å². The fraction of sp³-hybridized carbons (Fsp3) is 0.278. The maximum absolute atomic E-state index is 12.0. The largest absolute Gasteiger partial charge is 0.492 e. The molecule has 7 heteroatoms. The van der Waals surface area contributed by atoms with E-state index in [0.717, 1.165) is 0 Å². The van der Waals surface area contributed by atoms with Gasteiger partial charge in [-0.1, -0.05) is 41.4 Å². The lowest BCUT2D eigenvalue weighted by molar-refractivity contribution is -0.113. The molecule has 0 heterocycles. The third kappa shape index (κ3) is 6.34. The van der Waals surface area contributed by atoms with Crippen molar-refractivity contribution < 1.29 is 14.3 Å². The first-order chi connectivity index (χ1) is 12.1. The summed E-state index contributed by atoms with van der Waals surface area (Å²) >= 11 is 13.5. The Bertz CT molecular complexity index is 692. The van der Waals surface area contributed by atoms with Crippen LogP contribution in [0, 0.1) is 0 Å². The highest BCUT2D eigenvalue weighted by molar-refractivity contribution is 7.99. The van der Waals surface area contributed by atoms with Gasteiger partial charge in [-0.15, -0.1) is 11.8 Å². The van der Waals surface area contributed by atoms with Crippen LogP contribution in [0.4, 0.5) is 5.69 Å². The lowest BCUT2D eigenvalue weighted by Crippen LogP contribution is -2.16. The predicted molar refractivity (Wildman–Crippen MR) is 106 cm³/mol. The number of para-hydroxylation sites is 3. The molecule has 134 valence electrons. The van der Waals surface area contributed by atoms with Crippen LogP contribution in [0.15, 0.2) is 42.5 Å². The molecular formula is C18H19Cl2NO3S. The Morgan fingerprint density at radius 3 is 2.52 bits per heavy atom. The first-order valence-electron chi connectivity index (χ1n) is 7.78. The third-order valence-corrected chi connectivity index (χ3v) is 4.60. The van der Waals surface area contributed by atoms with E-state index in [1.165, 1.54) is 11.8 Å². The Balaban J connectivity index is 1.72. The smallest absolute Gasteiger partial charge is 0.234 e. The van der Waals surface area contributed by atoms with Gasteiger partial charge in [-0.3, -0.25) is 4.79 Å². The zero-order valence-electron chi connectivity index (χ0n) is 13.8. The standard InChI is InChI=1S/C18H19Cl2NO3S/c1-2-23-16-9-4-3-8-15(16)21-17(22)12-25-11-10-24-18-13(19)6-5-7-14(18)20/h3-9H,2,10-12H2,1H3,(H,21,22). The van der Waals surface area contributed by atoms with E-state index in [9.17, 15) is 4.79 Å². The van der Waals surface area contributed by atoms with E-state index in [2.05, 4.69) is 5.32 Å². The van der Waals surface area contributed by atoms with Gasteiger partial charge in [0.15, 0.2) is 5.75 Å². The van der Waals surface area contributed by atoms with Crippen molar-refractivity contribution in [3.8, 4) is 11.5 Å². The molecule has 0 saturated carbocycles. The van der Waals surface area contributed by atoms with Gasteiger partial charge in [0.05, 0.1) is 34.7 Å². The molecule has 0 bridgehead atoms. The molecule has 1 N–H and O–H groups in total. The fourth-order valence-electron chi connectivity index (χ4n) is 2.03.